The Labute approximate surface area is 210 Å². The molecule has 4 rings (SSSR count). The monoisotopic (exact) mass is 496 g/mol. The first-order valence-electron chi connectivity index (χ1n) is 11.9. The number of β-amino-alcohol motifs (C(OH)–C–C–N with tert-alkyl or cyclic N) is 1. The number of anilines is 1. The first-order valence-corrected chi connectivity index (χ1v) is 11.9. The molecule has 0 bridgehead atoms. The van der Waals surface area contributed by atoms with E-state index in [2.05, 4.69) is 6.58 Å². The zero-order chi connectivity index (χ0) is 25.3. The number of furan rings is 2. The number of aliphatic hydroxyl groups excluding tert-OH is 1. The lowest BCUT2D eigenvalue weighted by molar-refractivity contribution is -0.132. The Morgan fingerprint density at radius 2 is 1.92 bits per heavy atom. The molecule has 1 unspecified atom stereocenters. The minimum atomic E-state index is -0.777. The van der Waals surface area contributed by atoms with E-state index in [4.69, 9.17) is 23.0 Å². The number of amides is 1. The summed E-state index contributed by atoms with van der Waals surface area (Å²) in [6, 6.07) is 11.0. The van der Waals surface area contributed by atoms with Crippen molar-refractivity contribution in [1.82, 2.24) is 4.90 Å². The standard InChI is InChI=1S/C27H32N2O7/c1-3-12-36-27-23-17-29(16-21-6-4-13-34-21)26(31)10-11-28(24(23)8-9-25(27)32-2)15-20(30)18-33-19-22-7-5-14-35-22/h3-9,13-14,20,30H,1,10-12,15-19H2,2H3. The number of methoxy groups -OCH3 is 1. The number of carbonyl (C=O) groups excluding carboxylic acids is 1. The van der Waals surface area contributed by atoms with Crippen LogP contribution in [0, 0.1) is 0 Å². The van der Waals surface area contributed by atoms with Crippen LogP contribution in [0.15, 0.2) is 70.4 Å². The summed E-state index contributed by atoms with van der Waals surface area (Å²) >= 11 is 0. The second-order valence-electron chi connectivity index (χ2n) is 8.47. The Hall–Kier alpha value is -3.69. The van der Waals surface area contributed by atoms with Gasteiger partial charge in [0.1, 0.15) is 24.7 Å². The molecular formula is C27H32N2O7. The molecule has 192 valence electrons. The van der Waals surface area contributed by atoms with Gasteiger partial charge in [-0.3, -0.25) is 4.79 Å². The van der Waals surface area contributed by atoms with E-state index in [1.165, 1.54) is 0 Å². The van der Waals surface area contributed by atoms with Gasteiger partial charge in [-0.05, 0) is 36.4 Å². The van der Waals surface area contributed by atoms with Crippen molar-refractivity contribution in [3.05, 3.63) is 78.7 Å². The lowest BCUT2D eigenvalue weighted by atomic mass is 10.1. The molecule has 36 heavy (non-hydrogen) atoms. The maximum Gasteiger partial charge on any atom is 0.225 e. The number of rotatable bonds is 12. The molecule has 0 aliphatic carbocycles. The van der Waals surface area contributed by atoms with Gasteiger partial charge in [-0.2, -0.15) is 0 Å². The molecule has 1 aliphatic heterocycles. The summed E-state index contributed by atoms with van der Waals surface area (Å²) in [4.78, 5) is 16.9. The smallest absolute Gasteiger partial charge is 0.225 e. The fourth-order valence-electron chi connectivity index (χ4n) is 4.22. The highest BCUT2D eigenvalue weighted by Crippen LogP contribution is 2.40. The Kier molecular flexibility index (Phi) is 8.70. The van der Waals surface area contributed by atoms with Crippen LogP contribution in [0.4, 0.5) is 5.69 Å². The van der Waals surface area contributed by atoms with E-state index in [0.717, 1.165) is 11.3 Å². The van der Waals surface area contributed by atoms with Crippen molar-refractivity contribution < 1.29 is 32.9 Å². The van der Waals surface area contributed by atoms with Crippen molar-refractivity contribution in [3.63, 3.8) is 0 Å². The van der Waals surface area contributed by atoms with Gasteiger partial charge in [0.05, 0.1) is 45.4 Å². The quantitative estimate of drug-likeness (QED) is 0.379. The second-order valence-corrected chi connectivity index (χ2v) is 8.47. The van der Waals surface area contributed by atoms with Crippen LogP contribution in [0.3, 0.4) is 0 Å². The average Bonchev–Trinajstić information content (AvgIpc) is 3.58. The van der Waals surface area contributed by atoms with E-state index in [0.29, 0.717) is 42.7 Å². The Balaban J connectivity index is 1.59. The van der Waals surface area contributed by atoms with E-state index < -0.39 is 6.10 Å². The van der Waals surface area contributed by atoms with Crippen LogP contribution in [0.25, 0.3) is 0 Å². The highest BCUT2D eigenvalue weighted by atomic mass is 16.5. The SMILES string of the molecule is C=CCOc1c(OC)ccc2c1CN(Cc1ccco1)C(=O)CCN2CC(O)COCc1ccco1. The van der Waals surface area contributed by atoms with E-state index in [9.17, 15) is 9.90 Å². The third-order valence-electron chi connectivity index (χ3n) is 5.90. The zero-order valence-electron chi connectivity index (χ0n) is 20.4. The second kappa shape index (κ2) is 12.3. The summed E-state index contributed by atoms with van der Waals surface area (Å²) in [5.41, 5.74) is 1.65. The molecule has 0 radical (unpaired) electrons. The summed E-state index contributed by atoms with van der Waals surface area (Å²) in [6.45, 7) is 5.76. The number of hydrogen-bond donors (Lipinski definition) is 1. The number of ether oxygens (including phenoxy) is 3. The van der Waals surface area contributed by atoms with Gasteiger partial charge >= 0.3 is 0 Å². The first-order chi connectivity index (χ1) is 17.6. The fourth-order valence-corrected chi connectivity index (χ4v) is 4.22. The van der Waals surface area contributed by atoms with Crippen molar-refractivity contribution >= 4 is 11.6 Å². The predicted molar refractivity (Wildman–Crippen MR) is 133 cm³/mol. The lowest BCUT2D eigenvalue weighted by Crippen LogP contribution is -2.41. The summed E-state index contributed by atoms with van der Waals surface area (Å²) in [6.07, 6.45) is 4.34. The molecule has 2 aromatic heterocycles. The van der Waals surface area contributed by atoms with Crippen LogP contribution < -0.4 is 14.4 Å². The summed E-state index contributed by atoms with van der Waals surface area (Å²) in [5, 5.41) is 10.7. The van der Waals surface area contributed by atoms with Crippen molar-refractivity contribution in [2.24, 2.45) is 0 Å². The predicted octanol–water partition coefficient (Wildman–Crippen LogP) is 3.76. The van der Waals surface area contributed by atoms with E-state index in [1.54, 1.807) is 42.7 Å². The van der Waals surface area contributed by atoms with E-state index >= 15 is 0 Å². The van der Waals surface area contributed by atoms with E-state index in [1.807, 2.05) is 29.2 Å². The van der Waals surface area contributed by atoms with Crippen LogP contribution in [-0.4, -0.2) is 55.4 Å². The molecule has 1 atom stereocenters. The third-order valence-corrected chi connectivity index (χ3v) is 5.90. The molecule has 0 spiro atoms. The molecule has 0 saturated heterocycles. The van der Waals surface area contributed by atoms with Gasteiger partial charge in [0, 0.05) is 30.8 Å². The number of hydrogen-bond acceptors (Lipinski definition) is 8. The first kappa shape index (κ1) is 25.4. The van der Waals surface area contributed by atoms with Gasteiger partial charge in [0.2, 0.25) is 5.91 Å². The minimum absolute atomic E-state index is 0.0249. The fraction of sp³-hybridized carbons (Fsp3) is 0.370. The summed E-state index contributed by atoms with van der Waals surface area (Å²) < 4.78 is 28.0. The number of aliphatic hydroxyl groups is 1. The maximum absolute atomic E-state index is 13.2. The van der Waals surface area contributed by atoms with Crippen molar-refractivity contribution in [2.75, 3.05) is 38.3 Å². The molecule has 0 fully saturated rings. The Morgan fingerprint density at radius 3 is 2.61 bits per heavy atom. The van der Waals surface area contributed by atoms with Gasteiger partial charge < -0.3 is 38.0 Å². The molecular weight excluding hydrogens is 464 g/mol. The van der Waals surface area contributed by atoms with Crippen molar-refractivity contribution in [3.8, 4) is 11.5 Å². The lowest BCUT2D eigenvalue weighted by Gasteiger charge is -2.35. The molecule has 3 heterocycles. The normalized spacial score (nSPS) is 14.7. The van der Waals surface area contributed by atoms with Crippen LogP contribution >= 0.6 is 0 Å². The number of nitrogens with zero attached hydrogens (tertiary/aromatic N) is 2. The average molecular weight is 497 g/mol. The summed E-state index contributed by atoms with van der Waals surface area (Å²) in [7, 11) is 1.58. The molecule has 9 nitrogen and oxygen atoms in total. The number of fused-ring (bicyclic) bond motifs is 1. The largest absolute Gasteiger partial charge is 0.493 e. The van der Waals surface area contributed by atoms with Gasteiger partial charge in [-0.25, -0.2) is 0 Å². The van der Waals surface area contributed by atoms with Gasteiger partial charge in [0.25, 0.3) is 0 Å². The van der Waals surface area contributed by atoms with Crippen molar-refractivity contribution in [2.45, 2.75) is 32.2 Å². The zero-order valence-corrected chi connectivity index (χ0v) is 20.4. The number of carbonyl (C=O) groups is 1. The molecule has 1 aromatic carbocycles. The van der Waals surface area contributed by atoms with Crippen LogP contribution in [-0.2, 0) is 29.2 Å². The Morgan fingerprint density at radius 1 is 1.14 bits per heavy atom. The summed E-state index contributed by atoms with van der Waals surface area (Å²) in [5.74, 6) is 2.47. The third kappa shape index (κ3) is 6.30. The highest BCUT2D eigenvalue weighted by molar-refractivity contribution is 5.79. The molecule has 9 heteroatoms. The maximum atomic E-state index is 13.2. The number of benzene rings is 1. The van der Waals surface area contributed by atoms with Crippen LogP contribution in [0.2, 0.25) is 0 Å². The molecule has 0 saturated carbocycles. The van der Waals surface area contributed by atoms with Gasteiger partial charge in [-0.15, -0.1) is 0 Å². The molecule has 1 N–H and O–H groups in total. The van der Waals surface area contributed by atoms with Crippen LogP contribution in [0.1, 0.15) is 23.5 Å². The van der Waals surface area contributed by atoms with Gasteiger partial charge in [-0.1, -0.05) is 12.7 Å². The molecule has 1 aliphatic rings. The van der Waals surface area contributed by atoms with Crippen molar-refractivity contribution in [1.29, 1.82) is 0 Å². The van der Waals surface area contributed by atoms with Gasteiger partial charge in [0.15, 0.2) is 11.5 Å². The topological polar surface area (TPSA) is 97.8 Å². The van der Waals surface area contributed by atoms with E-state index in [-0.39, 0.29) is 38.7 Å². The molecule has 3 aromatic rings. The highest BCUT2D eigenvalue weighted by Gasteiger charge is 2.28. The molecule has 1 amide bonds. The minimum Gasteiger partial charge on any atom is -0.493 e. The Bertz CT molecular complexity index is 1110. The van der Waals surface area contributed by atoms with Crippen LogP contribution in [0.5, 0.6) is 11.5 Å².